The molecule has 1 saturated carbocycles. The summed E-state index contributed by atoms with van der Waals surface area (Å²) in [5, 5.41) is 14.8. The summed E-state index contributed by atoms with van der Waals surface area (Å²) >= 11 is 1.48. The minimum absolute atomic E-state index is 0.0237. The number of rotatable bonds is 12. The van der Waals surface area contributed by atoms with Gasteiger partial charge in [-0.25, -0.2) is 14.6 Å². The number of esters is 1. The number of nitrogens with one attached hydrogen (secondary N) is 1. The van der Waals surface area contributed by atoms with E-state index in [0.717, 1.165) is 47.5 Å². The number of carbonyl (C=O) groups excluding carboxylic acids is 2. The van der Waals surface area contributed by atoms with Gasteiger partial charge in [0, 0.05) is 16.9 Å². The number of carboxylic acid groups (broad SMARTS) is 1. The molecule has 8 nitrogen and oxygen atoms in total. The van der Waals surface area contributed by atoms with Crippen LogP contribution in [-0.2, 0) is 25.5 Å². The Bertz CT molecular complexity index is 1160. The minimum Gasteiger partial charge on any atom is -0.482 e. The largest absolute Gasteiger partial charge is 0.482 e. The van der Waals surface area contributed by atoms with Gasteiger partial charge in [-0.05, 0) is 75.5 Å². The smallest absolute Gasteiger partial charge is 0.341 e. The zero-order chi connectivity index (χ0) is 27.5. The van der Waals surface area contributed by atoms with Crippen molar-refractivity contribution in [2.45, 2.75) is 65.3 Å². The summed E-state index contributed by atoms with van der Waals surface area (Å²) in [4.78, 5) is 40.6. The normalized spacial score (nSPS) is 15.6. The minimum atomic E-state index is -1.03. The molecule has 1 aromatic heterocycles. The van der Waals surface area contributed by atoms with Gasteiger partial charge in [0.25, 0.3) is 0 Å². The fraction of sp³-hybridized carbons (Fsp3) is 0.448. The van der Waals surface area contributed by atoms with E-state index in [2.05, 4.69) is 5.32 Å². The van der Waals surface area contributed by atoms with E-state index in [0.29, 0.717) is 24.4 Å². The van der Waals surface area contributed by atoms with Gasteiger partial charge in [-0.1, -0.05) is 31.4 Å². The molecular formula is C29H36N2O6S. The fourth-order valence-corrected chi connectivity index (χ4v) is 5.23. The molecule has 0 spiro atoms. The van der Waals surface area contributed by atoms with Crippen LogP contribution in [0, 0.1) is 5.92 Å². The highest BCUT2D eigenvalue weighted by molar-refractivity contribution is 7.09. The van der Waals surface area contributed by atoms with Crippen molar-refractivity contribution < 1.29 is 29.0 Å². The van der Waals surface area contributed by atoms with Crippen molar-refractivity contribution >= 4 is 35.3 Å². The number of carboxylic acids is 1. The van der Waals surface area contributed by atoms with E-state index in [-0.39, 0.29) is 23.8 Å². The quantitative estimate of drug-likeness (QED) is 0.208. The summed E-state index contributed by atoms with van der Waals surface area (Å²) < 4.78 is 10.3. The molecule has 1 aromatic carbocycles. The molecule has 0 aliphatic heterocycles. The average Bonchev–Trinajstić information content (AvgIpc) is 3.36. The number of amides is 1. The Morgan fingerprint density at radius 1 is 1.16 bits per heavy atom. The average molecular weight is 541 g/mol. The maximum Gasteiger partial charge on any atom is 0.341 e. The van der Waals surface area contributed by atoms with Gasteiger partial charge in [0.15, 0.2) is 6.61 Å². The lowest BCUT2D eigenvalue weighted by molar-refractivity contribution is -0.139. The Morgan fingerprint density at radius 3 is 2.53 bits per heavy atom. The van der Waals surface area contributed by atoms with Gasteiger partial charge in [-0.15, -0.1) is 11.3 Å². The number of thiazole rings is 1. The third-order valence-electron chi connectivity index (χ3n) is 6.27. The van der Waals surface area contributed by atoms with E-state index in [1.165, 1.54) is 17.8 Å². The molecule has 1 atom stereocenters. The van der Waals surface area contributed by atoms with Gasteiger partial charge in [0.05, 0.1) is 18.3 Å². The van der Waals surface area contributed by atoms with Crippen molar-refractivity contribution in [3.8, 4) is 5.75 Å². The topological polar surface area (TPSA) is 115 Å². The molecule has 2 aromatic rings. The summed E-state index contributed by atoms with van der Waals surface area (Å²) in [6.07, 6.45) is 9.35. The lowest BCUT2D eigenvalue weighted by atomic mass is 9.88. The number of hydrogen-bond donors (Lipinski definition) is 2. The van der Waals surface area contributed by atoms with Crippen LogP contribution < -0.4 is 10.1 Å². The molecule has 0 bridgehead atoms. The highest BCUT2D eigenvalue weighted by Crippen LogP contribution is 2.28. The number of nitrogens with zero attached hydrogens (tertiary/aromatic N) is 1. The lowest BCUT2D eigenvalue weighted by Crippen LogP contribution is -2.35. The third-order valence-corrected chi connectivity index (χ3v) is 7.25. The molecule has 2 N–H and O–H groups in total. The van der Waals surface area contributed by atoms with Crippen molar-refractivity contribution in [2.75, 3.05) is 13.2 Å². The number of allylic oxidation sites excluding steroid dienone is 2. The Kier molecular flexibility index (Phi) is 11.1. The van der Waals surface area contributed by atoms with E-state index in [1.807, 2.05) is 30.5 Å². The Labute approximate surface area is 227 Å². The van der Waals surface area contributed by atoms with Gasteiger partial charge < -0.3 is 19.9 Å². The van der Waals surface area contributed by atoms with Crippen molar-refractivity contribution in [2.24, 2.45) is 5.92 Å². The van der Waals surface area contributed by atoms with Crippen LogP contribution in [0.15, 0.2) is 46.9 Å². The van der Waals surface area contributed by atoms with Gasteiger partial charge in [-0.3, -0.25) is 4.79 Å². The van der Waals surface area contributed by atoms with Crippen molar-refractivity contribution in [3.63, 3.8) is 0 Å². The Hall–Kier alpha value is -3.46. The highest BCUT2D eigenvalue weighted by Gasteiger charge is 2.25. The van der Waals surface area contributed by atoms with E-state index in [1.54, 1.807) is 32.1 Å². The van der Waals surface area contributed by atoms with E-state index < -0.39 is 12.6 Å². The Balaban J connectivity index is 1.78. The molecule has 1 heterocycles. The number of hydrogen-bond acceptors (Lipinski definition) is 7. The second-order valence-electron chi connectivity index (χ2n) is 9.47. The molecule has 1 aliphatic rings. The summed E-state index contributed by atoms with van der Waals surface area (Å²) in [6, 6.07) is 6.90. The van der Waals surface area contributed by atoms with Crippen LogP contribution in [-0.4, -0.2) is 41.2 Å². The van der Waals surface area contributed by atoms with E-state index in [4.69, 9.17) is 19.6 Å². The molecule has 0 unspecified atom stereocenters. The van der Waals surface area contributed by atoms with Gasteiger partial charge in [0.1, 0.15) is 10.8 Å². The van der Waals surface area contributed by atoms with Crippen LogP contribution in [0.2, 0.25) is 0 Å². The molecule has 1 amide bonds. The second-order valence-corrected chi connectivity index (χ2v) is 10.4. The van der Waals surface area contributed by atoms with Crippen LogP contribution in [0.4, 0.5) is 0 Å². The first-order valence-corrected chi connectivity index (χ1v) is 13.9. The number of benzene rings is 1. The Morgan fingerprint density at radius 2 is 1.87 bits per heavy atom. The fourth-order valence-electron chi connectivity index (χ4n) is 4.40. The molecule has 0 saturated heterocycles. The zero-order valence-corrected chi connectivity index (χ0v) is 23.0. The lowest BCUT2D eigenvalue weighted by Gasteiger charge is -2.24. The second kappa shape index (κ2) is 14.5. The number of aliphatic carboxylic acids is 1. The molecule has 1 aliphatic carbocycles. The highest BCUT2D eigenvalue weighted by atomic mass is 32.1. The molecule has 1 fully saturated rings. The van der Waals surface area contributed by atoms with Crippen LogP contribution >= 0.6 is 11.3 Å². The molecule has 9 heteroatoms. The zero-order valence-electron chi connectivity index (χ0n) is 22.2. The van der Waals surface area contributed by atoms with Crippen LogP contribution in [0.5, 0.6) is 5.75 Å². The maximum atomic E-state index is 13.1. The number of carbonyl (C=O) groups is 3. The van der Waals surface area contributed by atoms with Crippen molar-refractivity contribution in [1.29, 1.82) is 0 Å². The van der Waals surface area contributed by atoms with Crippen molar-refractivity contribution in [3.05, 3.63) is 63.1 Å². The monoisotopic (exact) mass is 540 g/mol. The standard InChI is InChI=1S/C29H36N2O6S/c1-4-36-29(35)20(3)14-19(2)15-23-18-38-28(30-23)25(31-27(34)22-8-6-5-7-9-22)16-21-10-12-24(13-11-21)37-17-26(32)33/h10-15,18,22,25H,4-9,16-17H2,1-3H3,(H,31,34)(H,32,33)/t25-/m0/s1. The van der Waals surface area contributed by atoms with Crippen LogP contribution in [0.1, 0.15) is 75.2 Å². The van der Waals surface area contributed by atoms with Gasteiger partial charge in [-0.2, -0.15) is 0 Å². The summed E-state index contributed by atoms with van der Waals surface area (Å²) in [7, 11) is 0. The first kappa shape index (κ1) is 29.1. The first-order chi connectivity index (χ1) is 18.2. The van der Waals surface area contributed by atoms with Crippen LogP contribution in [0.3, 0.4) is 0 Å². The molecule has 0 radical (unpaired) electrons. The van der Waals surface area contributed by atoms with E-state index >= 15 is 0 Å². The van der Waals surface area contributed by atoms with Gasteiger partial charge in [0.2, 0.25) is 5.91 Å². The number of ether oxygens (including phenoxy) is 2. The summed E-state index contributed by atoms with van der Waals surface area (Å²) in [5.41, 5.74) is 3.11. The molecular weight excluding hydrogens is 504 g/mol. The summed E-state index contributed by atoms with van der Waals surface area (Å²) in [5.74, 6) is -0.815. The summed E-state index contributed by atoms with van der Waals surface area (Å²) in [6.45, 7) is 5.32. The first-order valence-electron chi connectivity index (χ1n) is 13.0. The molecule has 204 valence electrons. The predicted octanol–water partition coefficient (Wildman–Crippen LogP) is 5.50. The number of aromatic nitrogens is 1. The predicted molar refractivity (Wildman–Crippen MR) is 147 cm³/mol. The van der Waals surface area contributed by atoms with Crippen LogP contribution in [0.25, 0.3) is 6.08 Å². The van der Waals surface area contributed by atoms with E-state index in [9.17, 15) is 14.4 Å². The van der Waals surface area contributed by atoms with Gasteiger partial charge >= 0.3 is 11.9 Å². The van der Waals surface area contributed by atoms with Crippen molar-refractivity contribution in [1.82, 2.24) is 10.3 Å². The SMILES string of the molecule is CCOC(=O)C(C)=CC(C)=Cc1csc([C@H](Cc2ccc(OCC(=O)O)cc2)NC(=O)C2CCCCC2)n1. The molecule has 3 rings (SSSR count). The third kappa shape index (κ3) is 9.13. The molecule has 38 heavy (non-hydrogen) atoms. The maximum absolute atomic E-state index is 13.1.